The van der Waals surface area contributed by atoms with Crippen LogP contribution in [0.4, 0.5) is 10.1 Å². The Morgan fingerprint density at radius 1 is 1.07 bits per heavy atom. The lowest BCUT2D eigenvalue weighted by Crippen LogP contribution is -2.49. The van der Waals surface area contributed by atoms with Gasteiger partial charge in [-0.1, -0.05) is 6.08 Å². The van der Waals surface area contributed by atoms with Crippen molar-refractivity contribution in [3.8, 4) is 0 Å². The molecule has 1 N–H and O–H groups in total. The van der Waals surface area contributed by atoms with Crippen molar-refractivity contribution in [1.29, 1.82) is 0 Å². The number of nitrogens with zero attached hydrogens (tertiary/aromatic N) is 2. The second-order valence-electron chi connectivity index (χ2n) is 7.51. The standard InChI is InChI=1S/C22H22FN3OS/c23-16-2-5-17(6-3-16)25-8-10-26(11-9-25)18-4-1-15(13-18)20-14-21-19(7-12-28-21)22(27)24-20/h2-3,5-7,12-14,18H,1,4,8-11H2,(H,24,27)/t18-/m1/s1. The molecule has 144 valence electrons. The first-order chi connectivity index (χ1) is 13.7. The fourth-order valence-corrected chi connectivity index (χ4v) is 5.15. The number of halogens is 1. The Bertz CT molecular complexity index is 1080. The van der Waals surface area contributed by atoms with E-state index in [0.717, 1.165) is 60.5 Å². The summed E-state index contributed by atoms with van der Waals surface area (Å²) in [6.07, 6.45) is 4.42. The highest BCUT2D eigenvalue weighted by atomic mass is 32.1. The zero-order chi connectivity index (χ0) is 19.1. The van der Waals surface area contributed by atoms with Crippen molar-refractivity contribution < 1.29 is 4.39 Å². The Labute approximate surface area is 166 Å². The molecule has 0 spiro atoms. The molecule has 4 nitrogen and oxygen atoms in total. The van der Waals surface area contributed by atoms with Crippen molar-refractivity contribution >= 4 is 32.7 Å². The number of hydrogen-bond donors (Lipinski definition) is 1. The van der Waals surface area contributed by atoms with Gasteiger partial charge in [0.1, 0.15) is 5.82 Å². The number of pyridine rings is 1. The third kappa shape index (κ3) is 3.27. The van der Waals surface area contributed by atoms with Gasteiger partial charge in [0, 0.05) is 48.3 Å². The highest BCUT2D eigenvalue weighted by Crippen LogP contribution is 2.31. The predicted octanol–water partition coefficient (Wildman–Crippen LogP) is 4.10. The van der Waals surface area contributed by atoms with Crippen molar-refractivity contribution in [3.63, 3.8) is 0 Å². The molecule has 1 atom stereocenters. The molecule has 3 heterocycles. The molecule has 2 aliphatic rings. The van der Waals surface area contributed by atoms with Crippen LogP contribution in [-0.2, 0) is 0 Å². The molecule has 1 fully saturated rings. The minimum Gasteiger partial charge on any atom is -0.369 e. The van der Waals surface area contributed by atoms with Gasteiger partial charge in [0.25, 0.3) is 5.56 Å². The van der Waals surface area contributed by atoms with Gasteiger partial charge in [-0.3, -0.25) is 9.69 Å². The van der Waals surface area contributed by atoms with Crippen molar-refractivity contribution in [2.75, 3.05) is 31.1 Å². The van der Waals surface area contributed by atoms with Gasteiger partial charge in [0.15, 0.2) is 0 Å². The maximum Gasteiger partial charge on any atom is 0.257 e. The molecule has 2 aromatic heterocycles. The number of aromatic amines is 1. The summed E-state index contributed by atoms with van der Waals surface area (Å²) in [7, 11) is 0. The summed E-state index contributed by atoms with van der Waals surface area (Å²) in [5.41, 5.74) is 3.31. The molecule has 6 heteroatoms. The molecule has 0 unspecified atom stereocenters. The van der Waals surface area contributed by atoms with Crippen LogP contribution in [0.5, 0.6) is 0 Å². The number of thiophene rings is 1. The Morgan fingerprint density at radius 3 is 2.64 bits per heavy atom. The van der Waals surface area contributed by atoms with E-state index < -0.39 is 0 Å². The van der Waals surface area contributed by atoms with Gasteiger partial charge < -0.3 is 9.88 Å². The summed E-state index contributed by atoms with van der Waals surface area (Å²) >= 11 is 1.62. The molecule has 1 aromatic carbocycles. The van der Waals surface area contributed by atoms with E-state index >= 15 is 0 Å². The number of nitrogens with one attached hydrogen (secondary N) is 1. The van der Waals surface area contributed by atoms with E-state index in [9.17, 15) is 9.18 Å². The van der Waals surface area contributed by atoms with Crippen LogP contribution in [0.3, 0.4) is 0 Å². The van der Waals surface area contributed by atoms with Crippen LogP contribution in [0.1, 0.15) is 18.5 Å². The molecule has 28 heavy (non-hydrogen) atoms. The normalized spacial score (nSPS) is 20.7. The summed E-state index contributed by atoms with van der Waals surface area (Å²) in [5, 5.41) is 2.75. The Balaban J connectivity index is 1.28. The second kappa shape index (κ2) is 7.18. The molecule has 1 aliphatic heterocycles. The summed E-state index contributed by atoms with van der Waals surface area (Å²) < 4.78 is 14.2. The first-order valence-electron chi connectivity index (χ1n) is 9.73. The molecule has 0 radical (unpaired) electrons. The summed E-state index contributed by atoms with van der Waals surface area (Å²) in [6.45, 7) is 3.88. The number of fused-ring (bicyclic) bond motifs is 1. The molecule has 1 aliphatic carbocycles. The van der Waals surface area contributed by atoms with Crippen molar-refractivity contribution in [3.05, 3.63) is 69.7 Å². The summed E-state index contributed by atoms with van der Waals surface area (Å²) in [6, 6.07) is 11.2. The van der Waals surface area contributed by atoms with Crippen LogP contribution in [0.2, 0.25) is 0 Å². The number of aromatic nitrogens is 1. The number of H-pyrrole nitrogens is 1. The van der Waals surface area contributed by atoms with Gasteiger partial charge in [-0.15, -0.1) is 11.3 Å². The second-order valence-corrected chi connectivity index (χ2v) is 8.46. The molecule has 1 saturated heterocycles. The highest BCUT2D eigenvalue weighted by molar-refractivity contribution is 7.17. The van der Waals surface area contributed by atoms with Crippen LogP contribution in [0, 0.1) is 5.82 Å². The van der Waals surface area contributed by atoms with Crippen LogP contribution in [-0.4, -0.2) is 42.1 Å². The summed E-state index contributed by atoms with van der Waals surface area (Å²) in [4.78, 5) is 20.2. The Hall–Kier alpha value is -2.44. The van der Waals surface area contributed by atoms with E-state index in [2.05, 4.69) is 26.9 Å². The number of anilines is 1. The zero-order valence-corrected chi connectivity index (χ0v) is 16.3. The highest BCUT2D eigenvalue weighted by Gasteiger charge is 2.27. The van der Waals surface area contributed by atoms with Crippen LogP contribution in [0.25, 0.3) is 15.7 Å². The average Bonchev–Trinajstić information content (AvgIpc) is 3.39. The molecule has 5 rings (SSSR count). The van der Waals surface area contributed by atoms with Gasteiger partial charge in [-0.05, 0) is 60.2 Å². The van der Waals surface area contributed by atoms with Crippen LogP contribution in [0.15, 0.2) is 52.6 Å². The van der Waals surface area contributed by atoms with Crippen molar-refractivity contribution in [2.45, 2.75) is 18.9 Å². The number of hydrogen-bond acceptors (Lipinski definition) is 4. The van der Waals surface area contributed by atoms with Gasteiger partial charge in [-0.2, -0.15) is 0 Å². The number of rotatable bonds is 3. The smallest absolute Gasteiger partial charge is 0.257 e. The monoisotopic (exact) mass is 395 g/mol. The maximum atomic E-state index is 13.1. The lowest BCUT2D eigenvalue weighted by atomic mass is 10.1. The fourth-order valence-electron chi connectivity index (χ4n) is 4.33. The summed E-state index contributed by atoms with van der Waals surface area (Å²) in [5.74, 6) is -0.190. The quantitative estimate of drug-likeness (QED) is 0.726. The maximum absolute atomic E-state index is 13.1. The fraction of sp³-hybridized carbons (Fsp3) is 0.318. The van der Waals surface area contributed by atoms with E-state index in [-0.39, 0.29) is 11.4 Å². The van der Waals surface area contributed by atoms with Gasteiger partial charge in [0.2, 0.25) is 0 Å². The van der Waals surface area contributed by atoms with Crippen molar-refractivity contribution in [2.24, 2.45) is 0 Å². The van der Waals surface area contributed by atoms with E-state index in [1.165, 1.54) is 17.7 Å². The van der Waals surface area contributed by atoms with E-state index in [1.54, 1.807) is 11.3 Å². The van der Waals surface area contributed by atoms with Crippen molar-refractivity contribution in [1.82, 2.24) is 9.88 Å². The van der Waals surface area contributed by atoms with E-state index in [0.29, 0.717) is 6.04 Å². The lowest BCUT2D eigenvalue weighted by Gasteiger charge is -2.38. The lowest BCUT2D eigenvalue weighted by molar-refractivity contribution is 0.214. The first-order valence-corrected chi connectivity index (χ1v) is 10.6. The van der Waals surface area contributed by atoms with Crippen LogP contribution < -0.4 is 10.5 Å². The topological polar surface area (TPSA) is 39.3 Å². The third-order valence-electron chi connectivity index (χ3n) is 5.89. The van der Waals surface area contributed by atoms with E-state index in [4.69, 9.17) is 0 Å². The minimum atomic E-state index is -0.190. The Kier molecular flexibility index (Phi) is 4.53. The molecular weight excluding hydrogens is 373 g/mol. The van der Waals surface area contributed by atoms with Gasteiger partial charge in [0.05, 0.1) is 5.39 Å². The third-order valence-corrected chi connectivity index (χ3v) is 6.75. The molecule has 0 saturated carbocycles. The molecule has 0 bridgehead atoms. The molecule has 0 amide bonds. The molecule has 3 aromatic rings. The Morgan fingerprint density at radius 2 is 1.86 bits per heavy atom. The first kappa shape index (κ1) is 17.6. The molecular formula is C22H22FN3OS. The number of benzene rings is 1. The minimum absolute atomic E-state index is 0.00557. The largest absolute Gasteiger partial charge is 0.369 e. The van der Waals surface area contributed by atoms with Gasteiger partial charge >= 0.3 is 0 Å². The number of allylic oxidation sites excluding steroid dienone is 1. The predicted molar refractivity (Wildman–Crippen MR) is 114 cm³/mol. The van der Waals surface area contributed by atoms with Crippen LogP contribution >= 0.6 is 11.3 Å². The van der Waals surface area contributed by atoms with E-state index in [1.807, 2.05) is 23.6 Å². The average molecular weight is 396 g/mol. The SMILES string of the molecule is O=c1[nH]c(C2=C[C@H](N3CCN(c4ccc(F)cc4)CC3)CC2)cc2sccc12. The zero-order valence-electron chi connectivity index (χ0n) is 15.5. The number of piperazine rings is 1. The van der Waals surface area contributed by atoms with Gasteiger partial charge in [-0.25, -0.2) is 4.39 Å².